The first-order valence-corrected chi connectivity index (χ1v) is 42.4. The Morgan fingerprint density at radius 3 is 0.722 bits per heavy atom. The summed E-state index contributed by atoms with van der Waals surface area (Å²) in [6.45, 7) is 105. The summed E-state index contributed by atoms with van der Waals surface area (Å²) in [6.07, 6.45) is 10.5. The first-order valence-electron chi connectivity index (χ1n) is 33.7. The molecular weight excluding hydrogens is 1210 g/mol. The van der Waals surface area contributed by atoms with E-state index in [9.17, 15) is 0 Å². The minimum absolute atomic E-state index is 0.00883. The molecule has 0 rings (SSSR count). The zero-order valence-corrected chi connectivity index (χ0v) is 75.7. The highest BCUT2D eigenvalue weighted by Gasteiger charge is 2.17. The number of hydrogen-bond donors (Lipinski definition) is 4. The van der Waals surface area contributed by atoms with Crippen molar-refractivity contribution in [1.29, 1.82) is 0 Å². The molecule has 0 saturated carbocycles. The van der Waals surface area contributed by atoms with Crippen molar-refractivity contribution in [2.24, 2.45) is 31.6 Å². The average Bonchev–Trinajstić information content (AvgIpc) is 3.34. The summed E-state index contributed by atoms with van der Waals surface area (Å²) in [5.41, 5.74) is 5.56. The minimum atomic E-state index is -0.0665. The maximum absolute atomic E-state index is 4.43. The summed E-state index contributed by atoms with van der Waals surface area (Å²) in [4.78, 5) is 8.87. The van der Waals surface area contributed by atoms with Crippen LogP contribution in [0.3, 0.4) is 0 Å². The number of nitrogens with zero attached hydrogens (tertiary/aromatic N) is 2. The molecule has 0 spiro atoms. The van der Waals surface area contributed by atoms with Crippen LogP contribution in [0.2, 0.25) is 0 Å². The first-order chi connectivity index (χ1) is 39.7. The topological polar surface area (TPSA) is 72.8 Å². The summed E-state index contributed by atoms with van der Waals surface area (Å²) in [5.74, 6) is 24.6. The average molecular weight is 1390 g/mol. The largest absolute Gasteiger partial charge is 0.386 e. The van der Waals surface area contributed by atoms with Gasteiger partial charge in [0, 0.05) is 83.1 Å². The third kappa shape index (κ3) is 114. The lowest BCUT2D eigenvalue weighted by atomic mass is 9.97. The van der Waals surface area contributed by atoms with E-state index in [1.165, 1.54) is 0 Å². The quantitative estimate of drug-likeness (QED) is 0.0893. The summed E-state index contributed by atoms with van der Waals surface area (Å²) in [7, 11) is 0.167. The van der Waals surface area contributed by atoms with Crippen molar-refractivity contribution in [1.82, 2.24) is 20.1 Å². The van der Waals surface area contributed by atoms with Gasteiger partial charge in [0.05, 0.1) is 0 Å². The molecule has 12 heteroatoms. The molecule has 0 fully saturated rings. The van der Waals surface area contributed by atoms with Gasteiger partial charge in [-0.3, -0.25) is 14.7 Å². The predicted molar refractivity (Wildman–Crippen MR) is 468 cm³/mol. The van der Waals surface area contributed by atoms with Crippen LogP contribution in [-0.2, 0) is 0 Å². The number of nitrogens with one attached hydrogen (secondary N) is 4. The standard InChI is InChI=1S/6C11H23NS.6C2H6/c2*1-10(2,3)8-12-9-13(7)11(4,5)6;2*1-10(2,3)12-8-9-13(7)11(4,5)6;1-10(2,3)8-9-13(7)12-11(4,5)6;1-10(2,3)8-9-12-13(7)11(4,5)6;6*1-2/h2*9H,7-8H2,1-6H3;4*8-9,12H,7H2,1-6H3;6*1-2H3/b;;4*9-8-;;;;;;. The maximum atomic E-state index is 4.43. The fourth-order valence-electron chi connectivity index (χ4n) is 3.52. The van der Waals surface area contributed by atoms with E-state index in [-0.39, 0.29) is 114 Å². The highest BCUT2D eigenvalue weighted by molar-refractivity contribution is 8.26. The molecule has 6 unspecified atom stereocenters. The number of rotatable bonds is 12. The summed E-state index contributed by atoms with van der Waals surface area (Å²) >= 11 is 0. The first kappa shape index (κ1) is 116. The Labute approximate surface area is 589 Å². The fraction of sp³-hybridized carbons (Fsp3) is 0.795. The summed E-state index contributed by atoms with van der Waals surface area (Å²) < 4.78 is 8.03. The molecular formula is C78H174N6S6. The van der Waals surface area contributed by atoms with Crippen LogP contribution in [0.25, 0.3) is 0 Å². The monoisotopic (exact) mass is 1390 g/mol. The van der Waals surface area contributed by atoms with Gasteiger partial charge in [-0.05, 0) is 121 Å². The second-order valence-electron chi connectivity index (χ2n) is 32.3. The van der Waals surface area contributed by atoms with E-state index >= 15 is 0 Å². The molecule has 0 bridgehead atoms. The lowest BCUT2D eigenvalue weighted by Crippen LogP contribution is -2.31. The predicted octanol–water partition coefficient (Wildman–Crippen LogP) is 27.1. The van der Waals surface area contributed by atoms with Gasteiger partial charge >= 0.3 is 0 Å². The van der Waals surface area contributed by atoms with E-state index in [2.05, 4.69) is 343 Å². The Morgan fingerprint density at radius 1 is 0.300 bits per heavy atom. The van der Waals surface area contributed by atoms with Crippen LogP contribution in [0.5, 0.6) is 0 Å². The van der Waals surface area contributed by atoms with Crippen molar-refractivity contribution >= 4 is 110 Å². The lowest BCUT2D eigenvalue weighted by molar-refractivity contribution is 0.430. The molecule has 90 heavy (non-hydrogen) atoms. The van der Waals surface area contributed by atoms with Crippen molar-refractivity contribution in [3.8, 4) is 0 Å². The van der Waals surface area contributed by atoms with E-state index in [0.717, 1.165) is 13.1 Å². The van der Waals surface area contributed by atoms with Crippen LogP contribution >= 0.6 is 63.3 Å². The Balaban J connectivity index is -0.0000000783. The minimum Gasteiger partial charge on any atom is -0.386 e. The number of hydrogen-bond acceptors (Lipinski definition) is 6. The normalized spacial score (nSPS) is 14.5. The van der Waals surface area contributed by atoms with Crippen LogP contribution in [0, 0.1) is 21.7 Å². The van der Waals surface area contributed by atoms with Crippen LogP contribution in [0.1, 0.15) is 332 Å². The van der Waals surface area contributed by atoms with Crippen LogP contribution in [0.4, 0.5) is 0 Å². The molecule has 0 amide bonds. The van der Waals surface area contributed by atoms with E-state index in [1.807, 2.05) is 113 Å². The van der Waals surface area contributed by atoms with Gasteiger partial charge in [0.2, 0.25) is 0 Å². The molecule has 6 atom stereocenters. The van der Waals surface area contributed by atoms with Crippen molar-refractivity contribution in [2.75, 3.05) is 13.1 Å². The lowest BCUT2D eigenvalue weighted by Gasteiger charge is -2.23. The maximum Gasteiger partial charge on any atom is 0.0486 e. The van der Waals surface area contributed by atoms with Gasteiger partial charge in [0.15, 0.2) is 0 Å². The Hall–Kier alpha value is -1.02. The van der Waals surface area contributed by atoms with Gasteiger partial charge in [-0.25, -0.2) is 0 Å². The molecule has 0 heterocycles. The molecule has 0 aliphatic heterocycles. The summed E-state index contributed by atoms with van der Waals surface area (Å²) in [6, 6.07) is 0. The zero-order chi connectivity index (χ0) is 76.2. The smallest absolute Gasteiger partial charge is 0.0486 e. The summed E-state index contributed by atoms with van der Waals surface area (Å²) in [5, 5.41) is 13.1. The third-order valence-electron chi connectivity index (χ3n) is 8.88. The van der Waals surface area contributed by atoms with Gasteiger partial charge in [0.1, 0.15) is 0 Å². The molecule has 6 nitrogen and oxygen atoms in total. The molecule has 0 aromatic carbocycles. The van der Waals surface area contributed by atoms with Crippen LogP contribution in [-0.4, -0.2) is 99.8 Å². The number of aliphatic imine (C=N–C) groups is 2. The fourth-order valence-corrected chi connectivity index (χ4v) is 7.95. The van der Waals surface area contributed by atoms with E-state index in [1.54, 1.807) is 0 Å². The van der Waals surface area contributed by atoms with E-state index in [0.29, 0.717) is 10.8 Å². The highest BCUT2D eigenvalue weighted by atomic mass is 32.2. The molecule has 0 aromatic rings. The van der Waals surface area contributed by atoms with Crippen molar-refractivity contribution in [2.45, 2.75) is 373 Å². The van der Waals surface area contributed by atoms with Crippen LogP contribution < -0.4 is 20.1 Å². The molecule has 552 valence electrons. The van der Waals surface area contributed by atoms with Gasteiger partial charge < -0.3 is 15.4 Å². The van der Waals surface area contributed by atoms with E-state index < -0.39 is 0 Å². The Morgan fingerprint density at radius 2 is 0.544 bits per heavy atom. The third-order valence-corrected chi connectivity index (χ3v) is 20.1. The Kier molecular flexibility index (Phi) is 75.1. The van der Waals surface area contributed by atoms with Crippen LogP contribution in [0.15, 0.2) is 57.0 Å². The van der Waals surface area contributed by atoms with Crippen molar-refractivity contribution in [3.63, 3.8) is 0 Å². The molecule has 0 aromatic heterocycles. The molecule has 0 saturated heterocycles. The van der Waals surface area contributed by atoms with Gasteiger partial charge in [-0.1, -0.05) is 307 Å². The molecule has 0 radical (unpaired) electrons. The van der Waals surface area contributed by atoms with Gasteiger partial charge in [-0.2, -0.15) is 21.0 Å². The Bertz CT molecular complexity index is 1770. The SMILES string of the molecule is C=S(/C=C\C(C)(C)C)NC(C)(C)C.C=S(/C=C\NC(C)(C)C)C(C)(C)C.C=S(/C=C\NC(C)(C)C)C(C)(C)C.C=S(C=NCC(C)(C)C)C(C)(C)C.C=S(C=NCC(C)(C)C)C(C)(C)C.C=S(N/C=C\C(C)(C)C)C(C)(C)C.CC.CC.CC.CC.CC.CC. The van der Waals surface area contributed by atoms with Gasteiger partial charge in [0.25, 0.3) is 0 Å². The highest BCUT2D eigenvalue weighted by Crippen LogP contribution is 2.32. The molecule has 0 aliphatic rings. The zero-order valence-electron chi connectivity index (χ0n) is 70.8. The second-order valence-corrected chi connectivity index (χ2v) is 45.2. The van der Waals surface area contributed by atoms with E-state index in [4.69, 9.17) is 0 Å². The van der Waals surface area contributed by atoms with Gasteiger partial charge in [-0.15, -0.1) is 31.6 Å². The molecule has 4 N–H and O–H groups in total. The second kappa shape index (κ2) is 58.2. The van der Waals surface area contributed by atoms with Crippen molar-refractivity contribution in [3.05, 3.63) is 47.0 Å². The molecule has 0 aliphatic carbocycles. The number of allylic oxidation sites excluding steroid dienone is 2. The van der Waals surface area contributed by atoms with Crippen molar-refractivity contribution < 1.29 is 0 Å².